The number of hydrogen-bond acceptors (Lipinski definition) is 3. The molecule has 0 aromatic heterocycles. The molecule has 1 rings (SSSR count). The van der Waals surface area contributed by atoms with Gasteiger partial charge in [0.05, 0.1) is 6.61 Å². The van der Waals surface area contributed by atoms with Crippen LogP contribution in [-0.4, -0.2) is 19.3 Å². The van der Waals surface area contributed by atoms with Gasteiger partial charge in [0.25, 0.3) is 0 Å². The van der Waals surface area contributed by atoms with Crippen molar-refractivity contribution in [2.24, 2.45) is 11.8 Å². The summed E-state index contributed by atoms with van der Waals surface area (Å²) < 4.78 is 5.20. The number of rotatable bonds is 1. The number of hydrazine groups is 1. The normalized spacial score (nSPS) is 33.0. The molecule has 0 aliphatic carbocycles. The Morgan fingerprint density at radius 1 is 1.60 bits per heavy atom. The molecule has 0 aromatic rings. The third-order valence-corrected chi connectivity index (χ3v) is 1.92. The summed E-state index contributed by atoms with van der Waals surface area (Å²) in [6, 6.07) is 0.360. The van der Waals surface area contributed by atoms with Crippen LogP contribution in [-0.2, 0) is 4.74 Å². The molecule has 0 spiro atoms. The van der Waals surface area contributed by atoms with Gasteiger partial charge in [-0.25, -0.2) is 0 Å². The molecule has 1 heterocycles. The van der Waals surface area contributed by atoms with Crippen molar-refractivity contribution in [2.45, 2.75) is 19.4 Å². The van der Waals surface area contributed by atoms with Gasteiger partial charge in [0.1, 0.15) is 0 Å². The Morgan fingerprint density at radius 2 is 2.30 bits per heavy atom. The molecule has 1 aliphatic heterocycles. The van der Waals surface area contributed by atoms with Crippen LogP contribution >= 0.6 is 12.4 Å². The summed E-state index contributed by atoms with van der Waals surface area (Å²) in [6.07, 6.45) is 1.12. The van der Waals surface area contributed by atoms with Gasteiger partial charge in [-0.2, -0.15) is 0 Å². The molecule has 1 fully saturated rings. The van der Waals surface area contributed by atoms with Crippen molar-refractivity contribution < 1.29 is 4.74 Å². The van der Waals surface area contributed by atoms with Crippen LogP contribution in [0, 0.1) is 5.92 Å². The molecule has 0 unspecified atom stereocenters. The number of nitrogens with one attached hydrogen (secondary N) is 1. The van der Waals surface area contributed by atoms with E-state index in [1.807, 2.05) is 0 Å². The molecule has 2 atom stereocenters. The highest BCUT2D eigenvalue weighted by Crippen LogP contribution is 2.12. The van der Waals surface area contributed by atoms with Gasteiger partial charge < -0.3 is 4.74 Å². The monoisotopic (exact) mass is 166 g/mol. The molecule has 1 aliphatic rings. The molecular weight excluding hydrogens is 152 g/mol. The fraction of sp³-hybridized carbons (Fsp3) is 1.00. The van der Waals surface area contributed by atoms with E-state index in [2.05, 4.69) is 12.3 Å². The van der Waals surface area contributed by atoms with Gasteiger partial charge in [0, 0.05) is 12.6 Å². The van der Waals surface area contributed by atoms with Crippen LogP contribution in [0.2, 0.25) is 0 Å². The van der Waals surface area contributed by atoms with E-state index in [0.29, 0.717) is 12.0 Å². The van der Waals surface area contributed by atoms with E-state index >= 15 is 0 Å². The molecule has 0 saturated carbocycles. The Balaban J connectivity index is 0.000000810. The molecule has 10 heavy (non-hydrogen) atoms. The Hall–Kier alpha value is 0.170. The van der Waals surface area contributed by atoms with Crippen molar-refractivity contribution >= 4 is 12.4 Å². The minimum absolute atomic E-state index is 0. The minimum atomic E-state index is 0. The molecular formula is C6H15ClN2O. The molecule has 4 heteroatoms. The first-order valence-electron chi connectivity index (χ1n) is 3.38. The number of halogens is 1. The first-order valence-corrected chi connectivity index (χ1v) is 3.38. The lowest BCUT2D eigenvalue weighted by Crippen LogP contribution is -2.46. The van der Waals surface area contributed by atoms with Crippen molar-refractivity contribution in [2.75, 3.05) is 13.2 Å². The van der Waals surface area contributed by atoms with Crippen molar-refractivity contribution in [1.29, 1.82) is 0 Å². The largest absolute Gasteiger partial charge is 0.380 e. The summed E-state index contributed by atoms with van der Waals surface area (Å²) in [5.74, 6) is 5.92. The summed E-state index contributed by atoms with van der Waals surface area (Å²) in [5, 5.41) is 0. The molecule has 3 nitrogen and oxygen atoms in total. The zero-order chi connectivity index (χ0) is 6.69. The molecule has 1 saturated heterocycles. The third kappa shape index (κ3) is 2.42. The maximum Gasteiger partial charge on any atom is 0.0635 e. The van der Waals surface area contributed by atoms with E-state index in [0.717, 1.165) is 19.6 Å². The highest BCUT2D eigenvalue weighted by molar-refractivity contribution is 5.85. The van der Waals surface area contributed by atoms with Gasteiger partial charge >= 0.3 is 0 Å². The van der Waals surface area contributed by atoms with Crippen molar-refractivity contribution in [1.82, 2.24) is 5.43 Å². The summed E-state index contributed by atoms with van der Waals surface area (Å²) in [5.41, 5.74) is 2.73. The van der Waals surface area contributed by atoms with Gasteiger partial charge in [0.2, 0.25) is 0 Å². The van der Waals surface area contributed by atoms with Gasteiger partial charge in [-0.3, -0.25) is 11.3 Å². The van der Waals surface area contributed by atoms with Crippen molar-refractivity contribution in [3.05, 3.63) is 0 Å². The van der Waals surface area contributed by atoms with Gasteiger partial charge in [-0.15, -0.1) is 12.4 Å². The van der Waals surface area contributed by atoms with Crippen LogP contribution in [0.1, 0.15) is 13.3 Å². The average molecular weight is 167 g/mol. The topological polar surface area (TPSA) is 47.3 Å². The second-order valence-electron chi connectivity index (χ2n) is 2.61. The van der Waals surface area contributed by atoms with E-state index in [4.69, 9.17) is 10.6 Å². The van der Waals surface area contributed by atoms with Gasteiger partial charge in [0.15, 0.2) is 0 Å². The standard InChI is InChI=1S/C6H14N2O.ClH/c1-5-2-3-9-4-6(5)8-7;/h5-6,8H,2-4,7H2,1H3;1H/t5-,6+;/m1./s1. The lowest BCUT2D eigenvalue weighted by atomic mass is 9.98. The SMILES string of the molecule is C[C@@H]1CCOC[C@@H]1NN.Cl. The van der Waals surface area contributed by atoms with E-state index in [1.165, 1.54) is 0 Å². The van der Waals surface area contributed by atoms with Gasteiger partial charge in [-0.05, 0) is 12.3 Å². The average Bonchev–Trinajstić information content (AvgIpc) is 1.89. The van der Waals surface area contributed by atoms with E-state index in [1.54, 1.807) is 0 Å². The van der Waals surface area contributed by atoms with Gasteiger partial charge in [-0.1, -0.05) is 6.92 Å². The zero-order valence-corrected chi connectivity index (χ0v) is 6.99. The molecule has 0 amide bonds. The lowest BCUT2D eigenvalue weighted by Gasteiger charge is -2.27. The van der Waals surface area contributed by atoms with E-state index in [-0.39, 0.29) is 12.4 Å². The summed E-state index contributed by atoms with van der Waals surface area (Å²) in [7, 11) is 0. The Bertz CT molecular complexity index is 91.8. The first-order chi connectivity index (χ1) is 4.34. The molecule has 0 radical (unpaired) electrons. The van der Waals surface area contributed by atoms with Crippen LogP contribution < -0.4 is 11.3 Å². The smallest absolute Gasteiger partial charge is 0.0635 e. The van der Waals surface area contributed by atoms with Crippen LogP contribution in [0.25, 0.3) is 0 Å². The quantitative estimate of drug-likeness (QED) is 0.435. The number of nitrogens with two attached hydrogens (primary N) is 1. The van der Waals surface area contributed by atoms with E-state index < -0.39 is 0 Å². The fourth-order valence-corrected chi connectivity index (χ4v) is 1.06. The van der Waals surface area contributed by atoms with Crippen LogP contribution in [0.5, 0.6) is 0 Å². The molecule has 62 valence electrons. The zero-order valence-electron chi connectivity index (χ0n) is 6.17. The number of hydrogen-bond donors (Lipinski definition) is 2. The van der Waals surface area contributed by atoms with Crippen molar-refractivity contribution in [3.8, 4) is 0 Å². The second-order valence-corrected chi connectivity index (χ2v) is 2.61. The predicted octanol–water partition coefficient (Wildman–Crippen LogP) is 0.297. The molecule has 3 N–H and O–H groups in total. The highest BCUT2D eigenvalue weighted by Gasteiger charge is 2.19. The Morgan fingerprint density at radius 3 is 2.70 bits per heavy atom. The molecule has 0 bridgehead atoms. The van der Waals surface area contributed by atoms with E-state index in [9.17, 15) is 0 Å². The Kier molecular flexibility index (Phi) is 4.99. The predicted molar refractivity (Wildman–Crippen MR) is 43.0 cm³/mol. The summed E-state index contributed by atoms with van der Waals surface area (Å²) >= 11 is 0. The van der Waals surface area contributed by atoms with Crippen LogP contribution in [0.15, 0.2) is 0 Å². The first kappa shape index (κ1) is 10.2. The maximum atomic E-state index is 5.26. The summed E-state index contributed by atoms with van der Waals surface area (Å²) in [4.78, 5) is 0. The van der Waals surface area contributed by atoms with Crippen molar-refractivity contribution in [3.63, 3.8) is 0 Å². The number of ether oxygens (including phenoxy) is 1. The maximum absolute atomic E-state index is 5.26. The Labute approximate surface area is 67.7 Å². The highest BCUT2D eigenvalue weighted by atomic mass is 35.5. The summed E-state index contributed by atoms with van der Waals surface area (Å²) in [6.45, 7) is 3.84. The fourth-order valence-electron chi connectivity index (χ4n) is 1.06. The lowest BCUT2D eigenvalue weighted by molar-refractivity contribution is 0.0417. The third-order valence-electron chi connectivity index (χ3n) is 1.92. The second kappa shape index (κ2) is 4.91. The molecule has 0 aromatic carbocycles. The van der Waals surface area contributed by atoms with Crippen LogP contribution in [0.3, 0.4) is 0 Å². The van der Waals surface area contributed by atoms with Crippen LogP contribution in [0.4, 0.5) is 0 Å². The minimum Gasteiger partial charge on any atom is -0.380 e.